The fraction of sp³-hybridized carbons (Fsp3) is 0.136. The maximum Gasteiger partial charge on any atom is 0.0491 e. The molecule has 0 aliphatic carbocycles. The van der Waals surface area contributed by atoms with Crippen LogP contribution in [-0.4, -0.2) is 4.57 Å². The molecule has 2 aliphatic rings. The molecule has 8 aromatic rings. The van der Waals surface area contributed by atoms with Gasteiger partial charge >= 0.3 is 0 Å². The van der Waals surface area contributed by atoms with Crippen LogP contribution in [0.3, 0.4) is 0 Å². The highest BCUT2D eigenvalue weighted by molar-refractivity contribution is 7.27. The molecule has 0 saturated carbocycles. The predicted octanol–water partition coefficient (Wildman–Crippen LogP) is 13.7. The highest BCUT2D eigenvalue weighted by Gasteiger charge is 2.29. The maximum atomic E-state index is 2.50. The summed E-state index contributed by atoms with van der Waals surface area (Å²) in [5, 5.41) is 8.22. The van der Waals surface area contributed by atoms with E-state index in [-0.39, 0.29) is 5.41 Å². The highest BCUT2D eigenvalue weighted by atomic mass is 32.1. The van der Waals surface area contributed by atoms with Crippen LogP contribution in [0.15, 0.2) is 115 Å². The Morgan fingerprint density at radius 2 is 1.28 bits per heavy atom. The molecule has 1 nitrogen and oxygen atoms in total. The molecule has 0 N–H and O–H groups in total. The zero-order valence-electron chi connectivity index (χ0n) is 26.9. The number of hydrogen-bond acceptors (Lipinski definition) is 2. The Hall–Kier alpha value is -4.70. The number of hydrogen-bond donors (Lipinski definition) is 0. The van der Waals surface area contributed by atoms with Crippen LogP contribution in [-0.2, 0) is 12.0 Å². The van der Waals surface area contributed by atoms with E-state index < -0.39 is 0 Å². The number of aryl methyl sites for hydroxylation is 1. The van der Waals surface area contributed by atoms with E-state index in [0.717, 1.165) is 6.54 Å². The van der Waals surface area contributed by atoms with Crippen LogP contribution < -0.4 is 0 Å². The van der Waals surface area contributed by atoms with E-state index in [0.29, 0.717) is 0 Å². The Kier molecular flexibility index (Phi) is 5.64. The second-order valence-electron chi connectivity index (χ2n) is 14.0. The Morgan fingerprint density at radius 1 is 0.532 bits per heavy atom. The Bertz CT molecular complexity index is 2800. The molecule has 10 rings (SSSR count). The van der Waals surface area contributed by atoms with E-state index in [2.05, 4.69) is 148 Å². The van der Waals surface area contributed by atoms with Crippen molar-refractivity contribution in [1.82, 2.24) is 4.57 Å². The number of nitrogens with zero attached hydrogens (tertiary/aromatic N) is 1. The topological polar surface area (TPSA) is 4.93 Å². The molecular formula is C44H33NS2. The van der Waals surface area contributed by atoms with Gasteiger partial charge in [0.1, 0.15) is 0 Å². The standard InChI is InChI=1S/C44H33NS2/c1-5-45-34-16-10-9-14-28(34)32-22-26(18-21-35(32)45)27-19-20-30-33(44(2,3)4)24-38-42-40(30)43(27)47-37-23-31(25-12-7-6-8-13-25)29-15-11-17-36(46-38)39(29)41(37)42/h6-24H,5H2,1-4H3. The van der Waals surface area contributed by atoms with E-state index >= 15 is 0 Å². The van der Waals surface area contributed by atoms with Crippen molar-refractivity contribution in [2.24, 2.45) is 0 Å². The molecule has 0 radical (unpaired) electrons. The quantitative estimate of drug-likeness (QED) is 0.134. The van der Waals surface area contributed by atoms with Crippen molar-refractivity contribution >= 4 is 84.8 Å². The first-order valence-electron chi connectivity index (χ1n) is 16.6. The normalized spacial score (nSPS) is 12.8. The summed E-state index contributed by atoms with van der Waals surface area (Å²) in [5.74, 6) is 0. The third-order valence-corrected chi connectivity index (χ3v) is 12.6. The van der Waals surface area contributed by atoms with E-state index in [1.807, 2.05) is 22.7 Å². The van der Waals surface area contributed by atoms with Gasteiger partial charge in [0.05, 0.1) is 0 Å². The molecule has 0 unspecified atom stereocenters. The van der Waals surface area contributed by atoms with E-state index in [1.54, 1.807) is 0 Å². The van der Waals surface area contributed by atoms with Gasteiger partial charge in [-0.2, -0.15) is 0 Å². The summed E-state index contributed by atoms with van der Waals surface area (Å²) in [5.41, 5.74) is 12.1. The molecule has 3 heteroatoms. The van der Waals surface area contributed by atoms with E-state index in [4.69, 9.17) is 0 Å². The molecule has 0 spiro atoms. The largest absolute Gasteiger partial charge is 0.341 e. The molecule has 7 aromatic carbocycles. The number of fused-ring (bicyclic) bond motifs is 3. The molecule has 0 saturated heterocycles. The molecular weight excluding hydrogens is 607 g/mol. The van der Waals surface area contributed by atoms with Gasteiger partial charge in [0.2, 0.25) is 0 Å². The van der Waals surface area contributed by atoms with Gasteiger partial charge in [0, 0.05) is 69.0 Å². The lowest BCUT2D eigenvalue weighted by Gasteiger charge is -2.28. The minimum atomic E-state index is 0.0175. The molecule has 226 valence electrons. The fourth-order valence-electron chi connectivity index (χ4n) is 8.22. The first kappa shape index (κ1) is 27.4. The monoisotopic (exact) mass is 639 g/mol. The van der Waals surface area contributed by atoms with Crippen LogP contribution >= 0.6 is 22.7 Å². The molecule has 2 aliphatic heterocycles. The predicted molar refractivity (Wildman–Crippen MR) is 208 cm³/mol. The molecule has 3 heterocycles. The second kappa shape index (κ2) is 9.67. The van der Waals surface area contributed by atoms with Crippen LogP contribution in [0.5, 0.6) is 0 Å². The van der Waals surface area contributed by atoms with Crippen LogP contribution in [0.1, 0.15) is 33.3 Å². The zero-order valence-corrected chi connectivity index (χ0v) is 28.6. The summed E-state index contributed by atoms with van der Waals surface area (Å²) in [7, 11) is 0. The first-order valence-corrected chi connectivity index (χ1v) is 18.2. The van der Waals surface area contributed by atoms with Gasteiger partial charge in [-0.05, 0) is 87.3 Å². The van der Waals surface area contributed by atoms with Crippen molar-refractivity contribution in [2.75, 3.05) is 0 Å². The summed E-state index contributed by atoms with van der Waals surface area (Å²) in [6.07, 6.45) is 0. The third kappa shape index (κ3) is 3.76. The van der Waals surface area contributed by atoms with Crippen LogP contribution in [0.4, 0.5) is 0 Å². The molecule has 47 heavy (non-hydrogen) atoms. The van der Waals surface area contributed by atoms with Gasteiger partial charge in [-0.25, -0.2) is 0 Å². The fourth-order valence-corrected chi connectivity index (χ4v) is 10.7. The van der Waals surface area contributed by atoms with Gasteiger partial charge in [-0.1, -0.05) is 99.6 Å². The Balaban J connectivity index is 1.38. The summed E-state index contributed by atoms with van der Waals surface area (Å²) in [6, 6.07) is 43.6. The third-order valence-electron chi connectivity index (χ3n) is 10.3. The number of benzene rings is 7. The van der Waals surface area contributed by atoms with Crippen molar-refractivity contribution in [3.8, 4) is 33.4 Å². The van der Waals surface area contributed by atoms with E-state index in [9.17, 15) is 0 Å². The van der Waals surface area contributed by atoms with Crippen LogP contribution in [0, 0.1) is 0 Å². The average molecular weight is 640 g/mol. The molecule has 0 atom stereocenters. The minimum absolute atomic E-state index is 0.0175. The molecule has 1 aromatic heterocycles. The lowest BCUT2D eigenvalue weighted by Crippen LogP contribution is -2.12. The first-order chi connectivity index (χ1) is 22.9. The van der Waals surface area contributed by atoms with Gasteiger partial charge in [0.15, 0.2) is 0 Å². The summed E-state index contributed by atoms with van der Waals surface area (Å²) >= 11 is 3.94. The SMILES string of the molecule is CCn1c2ccccc2c2cc(-c3ccc4c(C(C)(C)C)cc5sc6cccc7c(-c8ccccc8)cc8sc3c4c5-c8c67)ccc21. The lowest BCUT2D eigenvalue weighted by atomic mass is 9.80. The van der Waals surface area contributed by atoms with Crippen molar-refractivity contribution in [2.45, 2.75) is 39.7 Å². The maximum absolute atomic E-state index is 2.50. The van der Waals surface area contributed by atoms with Gasteiger partial charge < -0.3 is 4.57 Å². The summed E-state index contributed by atoms with van der Waals surface area (Å²) in [6.45, 7) is 10.3. The van der Waals surface area contributed by atoms with Crippen molar-refractivity contribution < 1.29 is 0 Å². The number of aromatic nitrogens is 1. The zero-order chi connectivity index (χ0) is 31.6. The highest BCUT2D eigenvalue weighted by Crippen LogP contribution is 2.56. The van der Waals surface area contributed by atoms with Crippen molar-refractivity contribution in [3.63, 3.8) is 0 Å². The second-order valence-corrected chi connectivity index (χ2v) is 16.1. The Labute approximate surface area is 282 Å². The van der Waals surface area contributed by atoms with Gasteiger partial charge in [0.25, 0.3) is 0 Å². The summed E-state index contributed by atoms with van der Waals surface area (Å²) in [4.78, 5) is 0. The van der Waals surface area contributed by atoms with Crippen molar-refractivity contribution in [3.05, 3.63) is 121 Å². The average Bonchev–Trinajstić information content (AvgIpc) is 3.41. The number of para-hydroxylation sites is 1. The lowest BCUT2D eigenvalue weighted by molar-refractivity contribution is 0.596. The smallest absolute Gasteiger partial charge is 0.0491 e. The molecule has 0 amide bonds. The van der Waals surface area contributed by atoms with Crippen LogP contribution in [0.25, 0.3) is 95.5 Å². The van der Waals surface area contributed by atoms with Crippen molar-refractivity contribution in [1.29, 1.82) is 0 Å². The Morgan fingerprint density at radius 3 is 2.11 bits per heavy atom. The van der Waals surface area contributed by atoms with Gasteiger partial charge in [-0.3, -0.25) is 0 Å². The van der Waals surface area contributed by atoms with E-state index in [1.165, 1.54) is 101 Å². The van der Waals surface area contributed by atoms with Crippen LogP contribution in [0.2, 0.25) is 0 Å². The molecule has 0 bridgehead atoms. The molecule has 0 fully saturated rings. The number of rotatable bonds is 3. The minimum Gasteiger partial charge on any atom is -0.341 e. The summed E-state index contributed by atoms with van der Waals surface area (Å²) < 4.78 is 7.94. The van der Waals surface area contributed by atoms with Gasteiger partial charge in [-0.15, -0.1) is 22.7 Å².